The number of oxazole rings is 1. The molecule has 18 aromatic heterocycles. The highest BCUT2D eigenvalue weighted by Crippen LogP contribution is 1.94. The van der Waals surface area contributed by atoms with Crippen molar-refractivity contribution in [3.05, 3.63) is 480 Å². The topological polar surface area (TPSA) is 457 Å². The molecule has 20 heterocycles. The van der Waals surface area contributed by atoms with Gasteiger partial charge in [0.05, 0.1) is 55.9 Å². The van der Waals surface area contributed by atoms with Gasteiger partial charge in [0.2, 0.25) is 18.3 Å². The lowest BCUT2D eigenvalue weighted by Gasteiger charge is -1.94. The molecule has 37 heteroatoms. The Morgan fingerprint density at radius 1 is 0.328 bits per heavy atom. The van der Waals surface area contributed by atoms with Gasteiger partial charge < -0.3 is 42.4 Å². The van der Waals surface area contributed by atoms with Crippen molar-refractivity contribution >= 4 is 40.2 Å². The van der Waals surface area contributed by atoms with Crippen molar-refractivity contribution in [2.24, 2.45) is 4.99 Å². The van der Waals surface area contributed by atoms with Crippen LogP contribution in [-0.4, -0.2) is 155 Å². The number of pyridine rings is 2. The van der Waals surface area contributed by atoms with Gasteiger partial charge in [0, 0.05) is 154 Å². The van der Waals surface area contributed by atoms with Gasteiger partial charge in [-0.25, -0.2) is 39.9 Å². The van der Waals surface area contributed by atoms with Crippen LogP contribution in [0.25, 0.3) is 0 Å². The average Bonchev–Trinajstić information content (AvgIpc) is 1.91. The largest absolute Gasteiger partial charge is 0.497 e. The molecular weight excluding hydrogens is 1570 g/mol. The van der Waals surface area contributed by atoms with Gasteiger partial charge in [-0.1, -0.05) is 102 Å². The number of ether oxygens (including phenoxy) is 1. The van der Waals surface area contributed by atoms with E-state index >= 15 is 0 Å². The number of hydrogen-bond donors (Lipinski definition) is 6. The molecule has 6 N–H and O–H groups in total. The van der Waals surface area contributed by atoms with Crippen LogP contribution >= 0.6 is 34.0 Å². The smallest absolute Gasteiger partial charge is 0.247 e. The van der Waals surface area contributed by atoms with Gasteiger partial charge in [-0.05, 0) is 114 Å². The fraction of sp³-hybridized carbons (Fsp3) is 0.0366. The minimum atomic E-state index is -0.0532. The third-order valence-electron chi connectivity index (χ3n) is 10.1. The fourth-order valence-electron chi connectivity index (χ4n) is 5.47. The molecule has 0 radical (unpaired) electrons. The lowest BCUT2D eigenvalue weighted by Crippen LogP contribution is -1.98. The molecule has 0 spiro atoms. The number of aliphatic imine (C=N–C) groups is 1. The lowest BCUT2D eigenvalue weighted by molar-refractivity contribution is 0.286. The van der Waals surface area contributed by atoms with Crippen LogP contribution in [0.2, 0.25) is 0 Å². The maximum Gasteiger partial charge on any atom is 0.247 e. The third kappa shape index (κ3) is 93.9. The summed E-state index contributed by atoms with van der Waals surface area (Å²) in [5, 5.41) is 42.2. The van der Waals surface area contributed by atoms with Crippen LogP contribution in [0.15, 0.2) is 498 Å². The lowest BCUT2D eigenvalue weighted by atomic mass is 10.4. The van der Waals surface area contributed by atoms with E-state index < -0.39 is 0 Å². The number of furan rings is 1. The number of allylic oxidation sites excluding steroid dienone is 7. The van der Waals surface area contributed by atoms with E-state index in [1.807, 2.05) is 168 Å². The minimum Gasteiger partial charge on any atom is -0.497 e. The number of H-pyrrole nitrogens is 6. The molecule has 0 saturated heterocycles. The van der Waals surface area contributed by atoms with Crippen molar-refractivity contribution in [3.8, 4) is 0 Å². The molecule has 22 rings (SSSR count). The number of hydrogen-bond acceptors (Lipinski definition) is 31. The van der Waals surface area contributed by atoms with Gasteiger partial charge in [-0.2, -0.15) is 31.7 Å². The van der Waals surface area contributed by atoms with E-state index in [9.17, 15) is 4.79 Å². The second-order valence-electron chi connectivity index (χ2n) is 18.8. The van der Waals surface area contributed by atoms with Gasteiger partial charge in [0.25, 0.3) is 0 Å². The number of nitrogens with zero attached hydrogens (tertiary/aromatic N) is 22. The molecule has 3 aliphatic rings. The van der Waals surface area contributed by atoms with Gasteiger partial charge >= 0.3 is 0 Å². The van der Waals surface area contributed by atoms with E-state index in [0.717, 1.165) is 19.6 Å². The summed E-state index contributed by atoms with van der Waals surface area (Å²) >= 11 is 4.81. The summed E-state index contributed by atoms with van der Waals surface area (Å²) in [6, 6.07) is 45.0. The number of thiazole rings is 1. The summed E-state index contributed by atoms with van der Waals surface area (Å²) in [4.78, 5) is 69.0. The molecule has 0 unspecified atom stereocenters. The normalized spacial score (nSPS) is 9.31. The second kappa shape index (κ2) is 95.8. The summed E-state index contributed by atoms with van der Waals surface area (Å²) < 4.78 is 22.6. The molecule has 1 aliphatic carbocycles. The van der Waals surface area contributed by atoms with Crippen molar-refractivity contribution < 1.29 is 22.5 Å². The molecule has 0 fully saturated rings. The van der Waals surface area contributed by atoms with Crippen LogP contribution in [0.1, 0.15) is 6.42 Å². The van der Waals surface area contributed by atoms with E-state index in [-0.39, 0.29) is 5.56 Å². The first kappa shape index (κ1) is 101. The van der Waals surface area contributed by atoms with Crippen molar-refractivity contribution in [1.82, 2.24) is 136 Å². The highest BCUT2D eigenvalue weighted by molar-refractivity contribution is 7.08. The first-order chi connectivity index (χ1) is 59.4. The number of rotatable bonds is 0. The molecule has 0 bridgehead atoms. The zero-order chi connectivity index (χ0) is 84.3. The zero-order valence-electron chi connectivity index (χ0n) is 64.2. The van der Waals surface area contributed by atoms with Gasteiger partial charge in [-0.15, -0.1) is 43.1 Å². The van der Waals surface area contributed by atoms with Crippen molar-refractivity contribution in [2.45, 2.75) is 6.42 Å². The van der Waals surface area contributed by atoms with E-state index in [1.165, 1.54) is 74.4 Å². The zero-order valence-corrected chi connectivity index (χ0v) is 66.6. The Bertz CT molecular complexity index is 3510. The first-order valence-electron chi connectivity index (χ1n) is 34.6. The van der Waals surface area contributed by atoms with Crippen LogP contribution in [0.3, 0.4) is 0 Å². The van der Waals surface area contributed by atoms with Gasteiger partial charge in [0.1, 0.15) is 55.5 Å². The summed E-state index contributed by atoms with van der Waals surface area (Å²) in [7, 11) is 0. The average molecular weight is 1660 g/mol. The molecule has 2 aliphatic heterocycles. The predicted molar refractivity (Wildman–Crippen MR) is 461 cm³/mol. The molecule has 119 heavy (non-hydrogen) atoms. The monoisotopic (exact) mass is 1660 g/mol. The summed E-state index contributed by atoms with van der Waals surface area (Å²) in [5.74, 6) is 0. The Morgan fingerprint density at radius 2 is 0.941 bits per heavy atom. The summed E-state index contributed by atoms with van der Waals surface area (Å²) in [5.41, 5.74) is 5.10. The number of imidazole rings is 2. The Kier molecular flexibility index (Phi) is 81.0. The van der Waals surface area contributed by atoms with Crippen molar-refractivity contribution in [2.75, 3.05) is 13.2 Å². The van der Waals surface area contributed by atoms with Crippen molar-refractivity contribution in [3.63, 3.8) is 0 Å². The number of thiophene rings is 1. The Labute approximate surface area is 699 Å². The molecule has 19 aromatic rings. The van der Waals surface area contributed by atoms with Crippen LogP contribution in [0.5, 0.6) is 0 Å². The summed E-state index contributed by atoms with van der Waals surface area (Å²) in [6.07, 6.45) is 82.9. The first-order valence-corrected chi connectivity index (χ1v) is 37.4. The Morgan fingerprint density at radius 3 is 1.12 bits per heavy atom. The fourth-order valence-corrected chi connectivity index (χ4v) is 6.55. The van der Waals surface area contributed by atoms with E-state index in [1.54, 1.807) is 244 Å². The van der Waals surface area contributed by atoms with E-state index in [0.29, 0.717) is 0 Å². The van der Waals surface area contributed by atoms with Crippen LogP contribution in [0.4, 0.5) is 0 Å². The SMILES string of the molecule is C1=CCC=C1.C1=CCN=C1.C1=CCOC=C1.O=c1cccc[nH]1.c1c[nH]cn1.c1c[nH]cn1.c1cc[nH]c1.c1ccccc1.c1ccncc1.c1ccnnc1.c1ccoc1.c1ccsc1.c1cn[nH]c1.c1cnccn1.c1cncnc1.c1cncnc1.c1cnoc1.c1cocn1.c1cscn1.c1nc[nH]n1.c1nnco1.c1nncs1. The highest BCUT2D eigenvalue weighted by atomic mass is 32.1. The maximum absolute atomic E-state index is 10.2. The molecule has 612 valence electrons. The van der Waals surface area contributed by atoms with Gasteiger partial charge in [-0.3, -0.25) is 39.9 Å². The van der Waals surface area contributed by atoms with Crippen molar-refractivity contribution in [1.29, 1.82) is 0 Å². The predicted octanol–water partition coefficient (Wildman–Crippen LogP) is 16.4. The molecule has 0 saturated carbocycles. The molecule has 0 atom stereocenters. The van der Waals surface area contributed by atoms with Crippen LogP contribution in [-0.2, 0) is 4.74 Å². The maximum atomic E-state index is 10.2. The minimum absolute atomic E-state index is 0.0532. The van der Waals surface area contributed by atoms with Crippen LogP contribution < -0.4 is 5.56 Å². The number of nitrogens with one attached hydrogen (secondary N) is 6. The summed E-state index contributed by atoms with van der Waals surface area (Å²) in [6.45, 7) is 1.62. The Hall–Kier alpha value is -16.4. The van der Waals surface area contributed by atoms with Gasteiger partial charge in [0.15, 0.2) is 6.39 Å². The second-order valence-corrected chi connectivity index (χ2v) is 21.0. The highest BCUT2D eigenvalue weighted by Gasteiger charge is 1.77. The number of benzene rings is 1. The Balaban J connectivity index is 0.000000624. The molecule has 34 nitrogen and oxygen atoms in total. The standard InChI is InChI=1S/C6H6.C5H5NO.C5H5N.C5H6O.C5H6.4C4H4N2.2C4H5N.C4H4O.C4H4S.3C3H4N2.2C3H3NO.C3H3NS.C2H3N3.C2H2N2O.C2H2N2S/c1-2-4-6-5-3-1;7-5-3-1-2-4-6-5;2*1-2-4-6-5-3-1;1-2-4-5-3-1;1-2-6-4-3-5-1;2*1-2-5-4-6-3-1;1-2-4-6-5-3-1;4*1-2-4-5-3-1;2*1-2-5-3-4-1;1-2-4-5-3-1;1-2-5-3-4-1;1-2-4-5-3-1;1-2-5-3-4-1;1-3-2-5-4-1;2*1-3-4-2-5-1/h1-6H;1-4H,(H,6,7);1-5H;1-4H,5H2;1-4H,5H2;4*1-4H;1-3H,4H2;1-5H;2*1-4H;3*1-3H,(H,4,5);3*1-3H;1-2H,(H,3,4,5);2*1-2H. The number of aromatic nitrogens is 27. The third-order valence-corrected chi connectivity index (χ3v) is 11.7. The van der Waals surface area contributed by atoms with Crippen LogP contribution in [0, 0.1) is 0 Å². The molecule has 0 amide bonds. The molecule has 1 aromatic carbocycles. The van der Waals surface area contributed by atoms with E-state index in [4.69, 9.17) is 4.74 Å². The van der Waals surface area contributed by atoms with E-state index in [2.05, 4.69) is 183 Å². The quantitative estimate of drug-likeness (QED) is 0.0821. The molecular formula is C82H90N28O6S3. The number of aromatic amines is 6.